The molecule has 1 aromatic carbocycles. The van der Waals surface area contributed by atoms with Crippen LogP contribution in [-0.2, 0) is 10.0 Å². The van der Waals surface area contributed by atoms with Crippen LogP contribution < -0.4 is 15.4 Å². The average molecular weight is 378 g/mol. The zero-order chi connectivity index (χ0) is 17.0. The van der Waals surface area contributed by atoms with Gasteiger partial charge in [-0.15, -0.1) is 12.4 Å². The normalized spacial score (nSPS) is 20.7. The molecule has 2 rings (SSSR count). The minimum atomic E-state index is -3.63. The zero-order valence-electron chi connectivity index (χ0n) is 13.7. The van der Waals surface area contributed by atoms with Crippen molar-refractivity contribution in [2.75, 3.05) is 19.6 Å². The molecule has 1 heterocycles. The summed E-state index contributed by atoms with van der Waals surface area (Å²) in [5, 5.41) is 15.5. The van der Waals surface area contributed by atoms with E-state index in [1.165, 1.54) is 18.2 Å². The predicted molar refractivity (Wildman–Crippen MR) is 93.8 cm³/mol. The summed E-state index contributed by atoms with van der Waals surface area (Å²) >= 11 is 0. The number of rotatable bonds is 6. The number of amides is 1. The Balaban J connectivity index is 0.00000288. The van der Waals surface area contributed by atoms with Crippen LogP contribution in [0.2, 0.25) is 0 Å². The van der Waals surface area contributed by atoms with Crippen LogP contribution >= 0.6 is 12.4 Å². The number of nitrogens with one attached hydrogen (secondary N) is 3. The van der Waals surface area contributed by atoms with Crippen LogP contribution in [0.3, 0.4) is 0 Å². The van der Waals surface area contributed by atoms with E-state index in [9.17, 15) is 18.3 Å². The van der Waals surface area contributed by atoms with Gasteiger partial charge in [0.05, 0.1) is 11.0 Å². The van der Waals surface area contributed by atoms with Gasteiger partial charge in [0.1, 0.15) is 0 Å². The van der Waals surface area contributed by atoms with Crippen LogP contribution in [0.25, 0.3) is 0 Å². The maximum absolute atomic E-state index is 12.2. The number of β-amino-alcohol motifs (C(OH)–C–C–N with tert-alkyl or cyclic N) is 1. The summed E-state index contributed by atoms with van der Waals surface area (Å²) in [6, 6.07) is 5.67. The van der Waals surface area contributed by atoms with Gasteiger partial charge in [0, 0.05) is 37.2 Å². The Hall–Kier alpha value is -1.19. The molecule has 0 aromatic heterocycles. The van der Waals surface area contributed by atoms with Gasteiger partial charge in [0.25, 0.3) is 5.91 Å². The van der Waals surface area contributed by atoms with E-state index in [0.29, 0.717) is 19.6 Å². The first-order chi connectivity index (χ1) is 10.8. The maximum Gasteiger partial charge on any atom is 0.251 e. The number of carbonyl (C=O) groups is 1. The Kier molecular flexibility index (Phi) is 7.62. The average Bonchev–Trinajstić information content (AvgIpc) is 2.89. The third kappa shape index (κ3) is 5.42. The molecular weight excluding hydrogens is 354 g/mol. The predicted octanol–water partition coefficient (Wildman–Crippen LogP) is 0.105. The zero-order valence-corrected chi connectivity index (χ0v) is 15.3. The first kappa shape index (κ1) is 20.9. The second-order valence-corrected chi connectivity index (χ2v) is 7.71. The van der Waals surface area contributed by atoms with Gasteiger partial charge in [-0.25, -0.2) is 13.1 Å². The number of sulfonamides is 1. The van der Waals surface area contributed by atoms with Gasteiger partial charge in [-0.2, -0.15) is 0 Å². The molecule has 24 heavy (non-hydrogen) atoms. The van der Waals surface area contributed by atoms with Crippen molar-refractivity contribution in [3.8, 4) is 0 Å². The number of hydrogen-bond acceptors (Lipinski definition) is 5. The fraction of sp³-hybridized carbons (Fsp3) is 0.533. The van der Waals surface area contributed by atoms with Crippen molar-refractivity contribution in [2.24, 2.45) is 5.92 Å². The van der Waals surface area contributed by atoms with Crippen LogP contribution in [0.5, 0.6) is 0 Å². The Morgan fingerprint density at radius 1 is 1.38 bits per heavy atom. The van der Waals surface area contributed by atoms with Crippen molar-refractivity contribution in [3.05, 3.63) is 29.8 Å². The maximum atomic E-state index is 12.2. The highest BCUT2D eigenvalue weighted by atomic mass is 35.5. The van der Waals surface area contributed by atoms with E-state index in [4.69, 9.17) is 0 Å². The Labute approximate surface area is 148 Å². The highest BCUT2D eigenvalue weighted by molar-refractivity contribution is 7.89. The van der Waals surface area contributed by atoms with E-state index >= 15 is 0 Å². The minimum absolute atomic E-state index is 0. The molecule has 7 nitrogen and oxygen atoms in total. The largest absolute Gasteiger partial charge is 0.391 e. The molecule has 0 radical (unpaired) electrons. The lowest BCUT2D eigenvalue weighted by atomic mass is 10.1. The summed E-state index contributed by atoms with van der Waals surface area (Å²) in [6.45, 7) is 4.97. The summed E-state index contributed by atoms with van der Waals surface area (Å²) in [6.07, 6.45) is -0.475. The van der Waals surface area contributed by atoms with E-state index in [2.05, 4.69) is 15.4 Å². The summed E-state index contributed by atoms with van der Waals surface area (Å²) in [5.41, 5.74) is 0.275. The first-order valence-corrected chi connectivity index (χ1v) is 9.07. The summed E-state index contributed by atoms with van der Waals surface area (Å²) in [4.78, 5) is 12.2. The van der Waals surface area contributed by atoms with E-state index in [1.54, 1.807) is 19.9 Å². The summed E-state index contributed by atoms with van der Waals surface area (Å²) < 4.78 is 26.8. The van der Waals surface area contributed by atoms with Gasteiger partial charge in [-0.3, -0.25) is 4.79 Å². The summed E-state index contributed by atoms with van der Waals surface area (Å²) in [7, 11) is -3.63. The Bertz CT molecular complexity index is 666. The molecule has 0 aliphatic carbocycles. The SMILES string of the molecule is CC(C)NS(=O)(=O)c1cccc(C(=O)NCC2CNCC2O)c1.Cl. The van der Waals surface area contributed by atoms with Crippen LogP contribution in [-0.4, -0.2) is 51.2 Å². The molecule has 1 aliphatic rings. The van der Waals surface area contributed by atoms with Crippen molar-refractivity contribution in [1.82, 2.24) is 15.4 Å². The lowest BCUT2D eigenvalue weighted by Gasteiger charge is -2.14. The minimum Gasteiger partial charge on any atom is -0.391 e. The fourth-order valence-corrected chi connectivity index (χ4v) is 3.73. The van der Waals surface area contributed by atoms with E-state index in [0.717, 1.165) is 0 Å². The van der Waals surface area contributed by atoms with Crippen molar-refractivity contribution < 1.29 is 18.3 Å². The van der Waals surface area contributed by atoms with E-state index in [-0.39, 0.29) is 40.7 Å². The topological polar surface area (TPSA) is 108 Å². The van der Waals surface area contributed by atoms with E-state index in [1.807, 2.05) is 0 Å². The molecule has 2 atom stereocenters. The second-order valence-electron chi connectivity index (χ2n) is 6.00. The van der Waals surface area contributed by atoms with Crippen LogP contribution in [0.15, 0.2) is 29.2 Å². The molecule has 1 amide bonds. The van der Waals surface area contributed by atoms with Crippen LogP contribution in [0.4, 0.5) is 0 Å². The number of benzene rings is 1. The molecule has 0 spiro atoms. The van der Waals surface area contributed by atoms with Crippen LogP contribution in [0.1, 0.15) is 24.2 Å². The molecule has 1 aromatic rings. The van der Waals surface area contributed by atoms with Crippen molar-refractivity contribution >= 4 is 28.3 Å². The second kappa shape index (κ2) is 8.77. The number of carbonyl (C=O) groups excluding carboxylic acids is 1. The molecule has 1 fully saturated rings. The molecule has 1 saturated heterocycles. The Morgan fingerprint density at radius 3 is 2.67 bits per heavy atom. The highest BCUT2D eigenvalue weighted by Crippen LogP contribution is 2.13. The molecule has 1 aliphatic heterocycles. The number of aliphatic hydroxyl groups excluding tert-OH is 1. The molecule has 4 N–H and O–H groups in total. The number of hydrogen-bond donors (Lipinski definition) is 4. The molecule has 9 heteroatoms. The van der Waals surface area contributed by atoms with Crippen molar-refractivity contribution in [1.29, 1.82) is 0 Å². The number of aliphatic hydroxyl groups is 1. The lowest BCUT2D eigenvalue weighted by molar-refractivity contribution is 0.0927. The van der Waals surface area contributed by atoms with Gasteiger partial charge in [-0.1, -0.05) is 6.07 Å². The first-order valence-electron chi connectivity index (χ1n) is 7.59. The van der Waals surface area contributed by atoms with Gasteiger partial charge in [-0.05, 0) is 32.0 Å². The standard InChI is InChI=1S/C15H23N3O4S.ClH/c1-10(2)18-23(21,22)13-5-3-4-11(6-13)15(20)17-8-12-7-16-9-14(12)19;/h3-6,10,12,14,16,18-19H,7-9H2,1-2H3,(H,17,20);1H. The molecule has 0 bridgehead atoms. The lowest BCUT2D eigenvalue weighted by Crippen LogP contribution is -2.34. The third-order valence-corrected chi connectivity index (χ3v) is 5.28. The number of halogens is 1. The molecular formula is C15H24ClN3O4S. The summed E-state index contributed by atoms with van der Waals surface area (Å²) in [5.74, 6) is -0.390. The van der Waals surface area contributed by atoms with Crippen molar-refractivity contribution in [3.63, 3.8) is 0 Å². The van der Waals surface area contributed by atoms with Gasteiger partial charge >= 0.3 is 0 Å². The molecule has 136 valence electrons. The van der Waals surface area contributed by atoms with Gasteiger partial charge in [0.2, 0.25) is 10.0 Å². The molecule has 2 unspecified atom stereocenters. The Morgan fingerprint density at radius 2 is 2.08 bits per heavy atom. The smallest absolute Gasteiger partial charge is 0.251 e. The monoisotopic (exact) mass is 377 g/mol. The van der Waals surface area contributed by atoms with Gasteiger partial charge < -0.3 is 15.7 Å². The quantitative estimate of drug-likeness (QED) is 0.562. The van der Waals surface area contributed by atoms with Crippen LogP contribution in [0, 0.1) is 5.92 Å². The van der Waals surface area contributed by atoms with E-state index < -0.39 is 16.1 Å². The molecule has 0 saturated carbocycles. The fourth-order valence-electron chi connectivity index (χ4n) is 2.44. The highest BCUT2D eigenvalue weighted by Gasteiger charge is 2.25. The van der Waals surface area contributed by atoms with Gasteiger partial charge in [0.15, 0.2) is 0 Å². The van der Waals surface area contributed by atoms with Crippen molar-refractivity contribution in [2.45, 2.75) is 30.9 Å². The third-order valence-electron chi connectivity index (χ3n) is 3.63.